The van der Waals surface area contributed by atoms with Crippen molar-refractivity contribution in [1.82, 2.24) is 4.90 Å². The van der Waals surface area contributed by atoms with Gasteiger partial charge in [-0.3, -0.25) is 0 Å². The van der Waals surface area contributed by atoms with E-state index in [2.05, 4.69) is 4.90 Å². The number of Topliss-reactive ketones (excluding diaryl/α,β-unsaturated/α-hetero) is 1. The zero-order chi connectivity index (χ0) is 9.14. The first-order chi connectivity index (χ1) is 5.59. The van der Waals surface area contributed by atoms with Crippen molar-refractivity contribution < 1.29 is 9.90 Å². The van der Waals surface area contributed by atoms with E-state index in [0.29, 0.717) is 13.0 Å². The summed E-state index contributed by atoms with van der Waals surface area (Å²) >= 11 is 0. The Kier molecular flexibility index (Phi) is 3.23. The SMILES string of the molecule is CC(=O)CC1CCN(C)CC1O. The first-order valence-electron chi connectivity index (χ1n) is 4.45. The number of piperidine rings is 1. The summed E-state index contributed by atoms with van der Waals surface area (Å²) in [6, 6.07) is 0. The minimum Gasteiger partial charge on any atom is -0.391 e. The molecule has 0 aromatic rings. The highest BCUT2D eigenvalue weighted by Gasteiger charge is 2.26. The first-order valence-corrected chi connectivity index (χ1v) is 4.45. The van der Waals surface area contributed by atoms with Crippen molar-refractivity contribution in [1.29, 1.82) is 0 Å². The van der Waals surface area contributed by atoms with Crippen molar-refractivity contribution in [2.24, 2.45) is 5.92 Å². The highest BCUT2D eigenvalue weighted by atomic mass is 16.3. The van der Waals surface area contributed by atoms with Gasteiger partial charge in [-0.05, 0) is 32.9 Å². The molecule has 3 heteroatoms. The maximum Gasteiger partial charge on any atom is 0.130 e. The van der Waals surface area contributed by atoms with E-state index in [1.54, 1.807) is 6.92 Å². The quantitative estimate of drug-likeness (QED) is 0.648. The third-order valence-corrected chi connectivity index (χ3v) is 2.47. The van der Waals surface area contributed by atoms with Gasteiger partial charge in [-0.25, -0.2) is 0 Å². The van der Waals surface area contributed by atoms with E-state index >= 15 is 0 Å². The van der Waals surface area contributed by atoms with Crippen LogP contribution in [0.3, 0.4) is 0 Å². The molecule has 0 radical (unpaired) electrons. The second-order valence-corrected chi connectivity index (χ2v) is 3.78. The summed E-state index contributed by atoms with van der Waals surface area (Å²) < 4.78 is 0. The Bertz CT molecular complexity index is 170. The molecule has 1 rings (SSSR count). The third kappa shape index (κ3) is 2.57. The van der Waals surface area contributed by atoms with Crippen LogP contribution in [0.4, 0.5) is 0 Å². The van der Waals surface area contributed by atoms with Crippen LogP contribution in [-0.2, 0) is 4.79 Å². The van der Waals surface area contributed by atoms with Crippen molar-refractivity contribution in [2.45, 2.75) is 25.9 Å². The summed E-state index contributed by atoms with van der Waals surface area (Å²) in [7, 11) is 1.99. The lowest BCUT2D eigenvalue weighted by Gasteiger charge is -2.33. The van der Waals surface area contributed by atoms with Crippen molar-refractivity contribution in [2.75, 3.05) is 20.1 Å². The van der Waals surface area contributed by atoms with Gasteiger partial charge >= 0.3 is 0 Å². The van der Waals surface area contributed by atoms with Gasteiger partial charge in [0.05, 0.1) is 6.10 Å². The largest absolute Gasteiger partial charge is 0.391 e. The fraction of sp³-hybridized carbons (Fsp3) is 0.889. The second kappa shape index (κ2) is 4.01. The van der Waals surface area contributed by atoms with Gasteiger partial charge in [-0.15, -0.1) is 0 Å². The van der Waals surface area contributed by atoms with Gasteiger partial charge in [0.1, 0.15) is 5.78 Å². The van der Waals surface area contributed by atoms with E-state index in [0.717, 1.165) is 13.0 Å². The molecule has 0 amide bonds. The number of aliphatic hydroxyl groups excluding tert-OH is 1. The summed E-state index contributed by atoms with van der Waals surface area (Å²) in [6.45, 7) is 3.29. The minimum atomic E-state index is -0.312. The molecule has 1 saturated heterocycles. The third-order valence-electron chi connectivity index (χ3n) is 2.47. The molecule has 2 atom stereocenters. The summed E-state index contributed by atoms with van der Waals surface area (Å²) in [5.41, 5.74) is 0. The fourth-order valence-electron chi connectivity index (χ4n) is 1.75. The summed E-state index contributed by atoms with van der Waals surface area (Å²) in [4.78, 5) is 12.9. The van der Waals surface area contributed by atoms with Crippen LogP contribution in [-0.4, -0.2) is 42.0 Å². The minimum absolute atomic E-state index is 0.184. The van der Waals surface area contributed by atoms with Gasteiger partial charge in [0.2, 0.25) is 0 Å². The Morgan fingerprint density at radius 2 is 2.33 bits per heavy atom. The van der Waals surface area contributed by atoms with Gasteiger partial charge in [0.25, 0.3) is 0 Å². The molecule has 0 aromatic carbocycles. The van der Waals surface area contributed by atoms with Gasteiger partial charge in [-0.1, -0.05) is 0 Å². The highest BCUT2D eigenvalue weighted by Crippen LogP contribution is 2.20. The maximum atomic E-state index is 10.8. The molecule has 1 heterocycles. The molecule has 0 saturated carbocycles. The lowest BCUT2D eigenvalue weighted by atomic mass is 9.90. The number of β-amino-alcohol motifs (C(OH)–C–C–N with tert-alkyl or cyclic N) is 1. The molecule has 1 N–H and O–H groups in total. The average Bonchev–Trinajstić information content (AvgIpc) is 1.94. The van der Waals surface area contributed by atoms with Crippen LogP contribution in [0.15, 0.2) is 0 Å². The van der Waals surface area contributed by atoms with Crippen LogP contribution in [0.2, 0.25) is 0 Å². The van der Waals surface area contributed by atoms with Crippen LogP contribution in [0.1, 0.15) is 19.8 Å². The Morgan fingerprint density at radius 1 is 1.67 bits per heavy atom. The van der Waals surface area contributed by atoms with Gasteiger partial charge in [0, 0.05) is 13.0 Å². The molecule has 1 fully saturated rings. The van der Waals surface area contributed by atoms with Crippen LogP contribution in [0.25, 0.3) is 0 Å². The number of likely N-dealkylation sites (N-methyl/N-ethyl adjacent to an activating group) is 1. The summed E-state index contributed by atoms with van der Waals surface area (Å²) in [5, 5.41) is 9.59. The zero-order valence-corrected chi connectivity index (χ0v) is 7.79. The van der Waals surface area contributed by atoms with E-state index < -0.39 is 0 Å². The van der Waals surface area contributed by atoms with E-state index in [9.17, 15) is 9.90 Å². The van der Waals surface area contributed by atoms with Crippen LogP contribution in [0.5, 0.6) is 0 Å². The number of aliphatic hydroxyl groups is 1. The monoisotopic (exact) mass is 171 g/mol. The van der Waals surface area contributed by atoms with Crippen LogP contribution < -0.4 is 0 Å². The Labute approximate surface area is 73.4 Å². The number of nitrogens with zero attached hydrogens (tertiary/aromatic N) is 1. The van der Waals surface area contributed by atoms with Gasteiger partial charge < -0.3 is 14.8 Å². The fourth-order valence-corrected chi connectivity index (χ4v) is 1.75. The Balaban J connectivity index is 2.39. The molecule has 3 nitrogen and oxygen atoms in total. The van der Waals surface area contributed by atoms with E-state index in [1.165, 1.54) is 0 Å². The van der Waals surface area contributed by atoms with Crippen molar-refractivity contribution in [3.05, 3.63) is 0 Å². The predicted molar refractivity (Wildman–Crippen MR) is 46.9 cm³/mol. The van der Waals surface area contributed by atoms with E-state index in [-0.39, 0.29) is 17.8 Å². The predicted octanol–water partition coefficient (Wildman–Crippen LogP) is 0.278. The number of rotatable bonds is 2. The van der Waals surface area contributed by atoms with Crippen molar-refractivity contribution >= 4 is 5.78 Å². The van der Waals surface area contributed by atoms with Crippen LogP contribution >= 0.6 is 0 Å². The van der Waals surface area contributed by atoms with Gasteiger partial charge in [-0.2, -0.15) is 0 Å². The molecule has 0 bridgehead atoms. The number of likely N-dealkylation sites (tertiary alicyclic amines) is 1. The lowest BCUT2D eigenvalue weighted by Crippen LogP contribution is -2.42. The molecule has 0 aliphatic carbocycles. The number of carbonyl (C=O) groups is 1. The smallest absolute Gasteiger partial charge is 0.130 e. The zero-order valence-electron chi connectivity index (χ0n) is 7.79. The molecule has 2 unspecified atom stereocenters. The molecule has 70 valence electrons. The number of carbonyl (C=O) groups excluding carboxylic acids is 1. The van der Waals surface area contributed by atoms with Crippen molar-refractivity contribution in [3.8, 4) is 0 Å². The molecule has 1 aliphatic heterocycles. The highest BCUT2D eigenvalue weighted by molar-refractivity contribution is 5.75. The lowest BCUT2D eigenvalue weighted by molar-refractivity contribution is -0.119. The topological polar surface area (TPSA) is 40.5 Å². The number of hydrogen-bond acceptors (Lipinski definition) is 3. The first kappa shape index (κ1) is 9.68. The normalized spacial score (nSPS) is 31.9. The molecular formula is C9H17NO2. The van der Waals surface area contributed by atoms with E-state index in [1.807, 2.05) is 7.05 Å². The molecule has 12 heavy (non-hydrogen) atoms. The molecule has 1 aliphatic rings. The average molecular weight is 171 g/mol. The van der Waals surface area contributed by atoms with Crippen LogP contribution in [0, 0.1) is 5.92 Å². The Hall–Kier alpha value is -0.410. The molecule has 0 spiro atoms. The second-order valence-electron chi connectivity index (χ2n) is 3.78. The number of ketones is 1. The summed E-state index contributed by atoms with van der Waals surface area (Å²) in [6.07, 6.45) is 1.17. The molecular weight excluding hydrogens is 154 g/mol. The van der Waals surface area contributed by atoms with E-state index in [4.69, 9.17) is 0 Å². The Morgan fingerprint density at radius 3 is 2.83 bits per heavy atom. The van der Waals surface area contributed by atoms with Gasteiger partial charge in [0.15, 0.2) is 0 Å². The van der Waals surface area contributed by atoms with Crippen molar-refractivity contribution in [3.63, 3.8) is 0 Å². The maximum absolute atomic E-state index is 10.8. The molecule has 0 aromatic heterocycles. The summed E-state index contributed by atoms with van der Waals surface area (Å²) in [5.74, 6) is 0.377. The number of hydrogen-bond donors (Lipinski definition) is 1. The standard InChI is InChI=1S/C9H17NO2/c1-7(11)5-8-3-4-10(2)6-9(8)12/h8-9,12H,3-6H2,1-2H3.